The van der Waals surface area contributed by atoms with Gasteiger partial charge in [-0.2, -0.15) is 0 Å². The smallest absolute Gasteiger partial charge is 0.320 e. The van der Waals surface area contributed by atoms with Gasteiger partial charge < -0.3 is 24.8 Å². The van der Waals surface area contributed by atoms with E-state index in [1.165, 1.54) is 0 Å². The lowest BCUT2D eigenvalue weighted by Gasteiger charge is -2.53. The average molecular weight is 476 g/mol. The summed E-state index contributed by atoms with van der Waals surface area (Å²) in [6.07, 6.45) is 6.35. The number of fused-ring (bicyclic) bond motifs is 4. The van der Waals surface area contributed by atoms with Crippen LogP contribution in [0.25, 0.3) is 0 Å². The van der Waals surface area contributed by atoms with Crippen molar-refractivity contribution in [3.8, 4) is 0 Å². The molecule has 0 aromatic rings. The van der Waals surface area contributed by atoms with E-state index in [0.29, 0.717) is 49.8 Å². The lowest BCUT2D eigenvalue weighted by molar-refractivity contribution is -0.144. The van der Waals surface area contributed by atoms with Gasteiger partial charge in [0, 0.05) is 70.7 Å². The van der Waals surface area contributed by atoms with Crippen LogP contribution in [-0.4, -0.2) is 116 Å². The summed E-state index contributed by atoms with van der Waals surface area (Å²) >= 11 is 0. The molecule has 5 aliphatic heterocycles. The molecule has 34 heavy (non-hydrogen) atoms. The van der Waals surface area contributed by atoms with Crippen molar-refractivity contribution in [2.75, 3.05) is 72.1 Å². The first kappa shape index (κ1) is 23.9. The number of ether oxygens (including phenoxy) is 1. The predicted octanol–water partition coefficient (Wildman–Crippen LogP) is 0.990. The summed E-state index contributed by atoms with van der Waals surface area (Å²) in [4.78, 5) is 46.8. The maximum absolute atomic E-state index is 13.3. The van der Waals surface area contributed by atoms with Crippen molar-refractivity contribution in [3.05, 3.63) is 0 Å². The lowest BCUT2D eigenvalue weighted by Crippen LogP contribution is -2.62. The van der Waals surface area contributed by atoms with Crippen LogP contribution < -0.4 is 5.32 Å². The van der Waals surface area contributed by atoms with Crippen LogP contribution in [0, 0.1) is 17.8 Å². The molecular weight excluding hydrogens is 434 g/mol. The molecule has 4 amide bonds. The first-order valence-electron chi connectivity index (χ1n) is 13.5. The van der Waals surface area contributed by atoms with Crippen LogP contribution in [0.5, 0.6) is 0 Å². The molecule has 5 fully saturated rings. The summed E-state index contributed by atoms with van der Waals surface area (Å²) in [6.45, 7) is 8.96. The van der Waals surface area contributed by atoms with Crippen LogP contribution >= 0.6 is 0 Å². The molecule has 0 saturated carbocycles. The van der Waals surface area contributed by atoms with E-state index in [4.69, 9.17) is 4.74 Å². The zero-order valence-corrected chi connectivity index (χ0v) is 20.5. The molecule has 3 atom stereocenters. The number of hydrogen-bond acceptors (Lipinski definition) is 5. The minimum Gasteiger partial charge on any atom is -0.379 e. The van der Waals surface area contributed by atoms with Gasteiger partial charge in [0.05, 0.1) is 13.2 Å². The summed E-state index contributed by atoms with van der Waals surface area (Å²) in [5.41, 5.74) is 0. The Morgan fingerprint density at radius 2 is 1.76 bits per heavy atom. The number of carbonyl (C=O) groups excluding carboxylic acids is 3. The minimum absolute atomic E-state index is 0.00924. The summed E-state index contributed by atoms with van der Waals surface area (Å²) in [7, 11) is 0. The van der Waals surface area contributed by atoms with Crippen molar-refractivity contribution in [1.82, 2.24) is 24.9 Å². The van der Waals surface area contributed by atoms with Gasteiger partial charge in [-0.1, -0.05) is 0 Å². The first-order chi connectivity index (χ1) is 16.6. The summed E-state index contributed by atoms with van der Waals surface area (Å²) < 4.78 is 5.38. The van der Waals surface area contributed by atoms with E-state index < -0.39 is 0 Å². The zero-order valence-electron chi connectivity index (χ0n) is 20.5. The highest BCUT2D eigenvalue weighted by molar-refractivity contribution is 5.80. The number of nitrogens with zero attached hydrogens (tertiary/aromatic N) is 4. The Kier molecular flexibility index (Phi) is 7.58. The second-order valence-electron chi connectivity index (χ2n) is 10.9. The molecule has 5 saturated heterocycles. The van der Waals surface area contributed by atoms with Crippen molar-refractivity contribution in [2.45, 2.75) is 51.0 Å². The van der Waals surface area contributed by atoms with Gasteiger partial charge in [0.15, 0.2) is 0 Å². The molecule has 5 heterocycles. The average Bonchev–Trinajstić information content (AvgIpc) is 2.87. The lowest BCUT2D eigenvalue weighted by atomic mass is 9.76. The van der Waals surface area contributed by atoms with Crippen molar-refractivity contribution >= 4 is 17.8 Å². The monoisotopic (exact) mass is 475 g/mol. The molecule has 1 N–H and O–H groups in total. The fourth-order valence-corrected chi connectivity index (χ4v) is 6.78. The van der Waals surface area contributed by atoms with Gasteiger partial charge in [-0.05, 0) is 56.9 Å². The number of carbonyl (C=O) groups is 3. The number of amides is 4. The second kappa shape index (κ2) is 10.8. The summed E-state index contributed by atoms with van der Waals surface area (Å²) in [5.74, 6) is 1.29. The number of hydrogen-bond donors (Lipinski definition) is 1. The third kappa shape index (κ3) is 5.35. The molecule has 0 aromatic heterocycles. The van der Waals surface area contributed by atoms with Gasteiger partial charge in [0.25, 0.3) is 0 Å². The minimum atomic E-state index is 0.00924. The molecule has 9 nitrogen and oxygen atoms in total. The number of piperidine rings is 4. The molecular formula is C25H41N5O4. The van der Waals surface area contributed by atoms with E-state index in [1.54, 1.807) is 0 Å². The fraction of sp³-hybridized carbons (Fsp3) is 0.880. The van der Waals surface area contributed by atoms with Gasteiger partial charge in [-0.25, -0.2) is 4.79 Å². The van der Waals surface area contributed by atoms with E-state index in [-0.39, 0.29) is 17.9 Å². The van der Waals surface area contributed by atoms with Gasteiger partial charge in [0.2, 0.25) is 11.8 Å². The quantitative estimate of drug-likeness (QED) is 0.600. The Bertz CT molecular complexity index is 750. The van der Waals surface area contributed by atoms with Crippen molar-refractivity contribution in [2.24, 2.45) is 17.8 Å². The van der Waals surface area contributed by atoms with E-state index in [9.17, 15) is 14.4 Å². The highest BCUT2D eigenvalue weighted by atomic mass is 16.5. The standard InChI is InChI=1S/C25H41N5O4/c31-23-4-1-3-22-21-15-19(17-30(22)23)16-29(18-21)25(33)28-9-5-20(6-10-28)24(32)26-7-2-8-27-11-13-34-14-12-27/h19-22H,1-18H2,(H,26,32)/t19?,21?,22-/m1/s1. The number of morpholine rings is 1. The molecule has 0 spiro atoms. The Morgan fingerprint density at radius 1 is 0.971 bits per heavy atom. The largest absolute Gasteiger partial charge is 0.379 e. The van der Waals surface area contributed by atoms with E-state index in [1.807, 2.05) is 9.80 Å². The second-order valence-corrected chi connectivity index (χ2v) is 10.9. The normalized spacial score (nSPS) is 30.8. The topological polar surface area (TPSA) is 85.4 Å². The van der Waals surface area contributed by atoms with Crippen LogP contribution in [0.15, 0.2) is 0 Å². The molecule has 2 bridgehead atoms. The number of likely N-dealkylation sites (tertiary alicyclic amines) is 2. The summed E-state index contributed by atoms with van der Waals surface area (Å²) in [6, 6.07) is 0.459. The number of rotatable bonds is 5. The van der Waals surface area contributed by atoms with Gasteiger partial charge in [-0.3, -0.25) is 14.5 Å². The first-order valence-corrected chi connectivity index (χ1v) is 13.5. The predicted molar refractivity (Wildman–Crippen MR) is 127 cm³/mol. The molecule has 0 aliphatic carbocycles. The third-order valence-corrected chi connectivity index (χ3v) is 8.64. The maximum Gasteiger partial charge on any atom is 0.320 e. The van der Waals surface area contributed by atoms with E-state index in [0.717, 1.165) is 91.0 Å². The van der Waals surface area contributed by atoms with Crippen molar-refractivity contribution in [3.63, 3.8) is 0 Å². The molecule has 0 radical (unpaired) electrons. The van der Waals surface area contributed by atoms with Crippen molar-refractivity contribution in [1.29, 1.82) is 0 Å². The molecule has 5 aliphatic rings. The van der Waals surface area contributed by atoms with E-state index >= 15 is 0 Å². The SMILES string of the molecule is O=C(NCCCN1CCOCC1)C1CCN(C(=O)N2CC3CC(C2)[C@H]2CCCC(=O)N2C3)CC1. The number of nitrogens with one attached hydrogen (secondary N) is 1. The Labute approximate surface area is 203 Å². The summed E-state index contributed by atoms with van der Waals surface area (Å²) in [5, 5.41) is 3.11. The maximum atomic E-state index is 13.3. The van der Waals surface area contributed by atoms with E-state index in [2.05, 4.69) is 15.1 Å². The molecule has 0 aromatic carbocycles. The molecule has 9 heteroatoms. The van der Waals surface area contributed by atoms with Gasteiger partial charge in [-0.15, -0.1) is 0 Å². The van der Waals surface area contributed by atoms with Crippen molar-refractivity contribution < 1.29 is 19.1 Å². The fourth-order valence-electron chi connectivity index (χ4n) is 6.78. The van der Waals surface area contributed by atoms with Crippen LogP contribution in [0.1, 0.15) is 44.9 Å². The van der Waals surface area contributed by atoms with Crippen LogP contribution in [0.4, 0.5) is 4.79 Å². The van der Waals surface area contributed by atoms with Gasteiger partial charge >= 0.3 is 6.03 Å². The highest BCUT2D eigenvalue weighted by Gasteiger charge is 2.45. The zero-order chi connectivity index (χ0) is 23.5. The Hall–Kier alpha value is -1.87. The molecule has 2 unspecified atom stereocenters. The molecule has 190 valence electrons. The molecule has 5 rings (SSSR count). The Balaban J connectivity index is 1.04. The Morgan fingerprint density at radius 3 is 2.56 bits per heavy atom. The third-order valence-electron chi connectivity index (χ3n) is 8.64. The number of urea groups is 1. The van der Waals surface area contributed by atoms with Crippen LogP contribution in [0.2, 0.25) is 0 Å². The van der Waals surface area contributed by atoms with Crippen LogP contribution in [-0.2, 0) is 14.3 Å². The van der Waals surface area contributed by atoms with Crippen LogP contribution in [0.3, 0.4) is 0 Å². The highest BCUT2D eigenvalue weighted by Crippen LogP contribution is 2.38. The van der Waals surface area contributed by atoms with Gasteiger partial charge in [0.1, 0.15) is 0 Å².